The van der Waals surface area contributed by atoms with Crippen molar-refractivity contribution in [2.24, 2.45) is 0 Å². The predicted molar refractivity (Wildman–Crippen MR) is 79.3 cm³/mol. The lowest BCUT2D eigenvalue weighted by Gasteiger charge is -2.08. The molecule has 0 heterocycles. The van der Waals surface area contributed by atoms with E-state index in [-0.39, 0.29) is 0 Å². The van der Waals surface area contributed by atoms with Crippen LogP contribution in [0.25, 0.3) is 0 Å². The summed E-state index contributed by atoms with van der Waals surface area (Å²) >= 11 is 7.55. The van der Waals surface area contributed by atoms with Gasteiger partial charge < -0.3 is 5.32 Å². The average Bonchev–Trinajstić information content (AvgIpc) is 2.42. The molecule has 0 amide bonds. The zero-order valence-electron chi connectivity index (χ0n) is 10.9. The van der Waals surface area contributed by atoms with Crippen molar-refractivity contribution in [3.8, 4) is 0 Å². The second kappa shape index (κ2) is 7.07. The first-order valence-electron chi connectivity index (χ1n) is 6.22. The van der Waals surface area contributed by atoms with Gasteiger partial charge in [-0.25, -0.2) is 8.78 Å². The highest BCUT2D eigenvalue weighted by Crippen LogP contribution is 2.31. The van der Waals surface area contributed by atoms with Gasteiger partial charge in [0.25, 0.3) is 0 Å². The molecule has 0 aromatic heterocycles. The molecule has 0 aliphatic heterocycles. The zero-order valence-corrected chi connectivity index (χ0v) is 12.5. The Kier molecular flexibility index (Phi) is 5.40. The lowest BCUT2D eigenvalue weighted by molar-refractivity contribution is 0.506. The van der Waals surface area contributed by atoms with Gasteiger partial charge in [0.1, 0.15) is 0 Å². The fraction of sp³-hybridized carbons (Fsp3) is 0.200. The van der Waals surface area contributed by atoms with Crippen molar-refractivity contribution < 1.29 is 8.78 Å². The van der Waals surface area contributed by atoms with Crippen molar-refractivity contribution in [2.45, 2.75) is 23.3 Å². The highest BCUT2D eigenvalue weighted by atomic mass is 35.5. The summed E-state index contributed by atoms with van der Waals surface area (Å²) < 4.78 is 26.0. The van der Waals surface area contributed by atoms with E-state index >= 15 is 0 Å². The molecule has 20 heavy (non-hydrogen) atoms. The molecular weight excluding hydrogens is 300 g/mol. The highest BCUT2D eigenvalue weighted by Gasteiger charge is 2.06. The maximum Gasteiger partial charge on any atom is 0.159 e. The summed E-state index contributed by atoms with van der Waals surface area (Å²) in [5, 5.41) is 3.87. The van der Waals surface area contributed by atoms with Crippen molar-refractivity contribution in [2.75, 3.05) is 6.54 Å². The Morgan fingerprint density at radius 2 is 1.75 bits per heavy atom. The van der Waals surface area contributed by atoms with Gasteiger partial charge in [0.15, 0.2) is 11.6 Å². The molecule has 0 atom stereocenters. The minimum Gasteiger partial charge on any atom is -0.313 e. The largest absolute Gasteiger partial charge is 0.313 e. The van der Waals surface area contributed by atoms with E-state index < -0.39 is 11.6 Å². The van der Waals surface area contributed by atoms with Crippen LogP contribution in [0.4, 0.5) is 8.78 Å². The number of hydrogen-bond acceptors (Lipinski definition) is 2. The molecular formula is C15H14ClF2NS. The Hall–Kier alpha value is -1.10. The SMILES string of the molecule is CCNCc1ccc(Sc2ccc(F)c(F)c2)cc1Cl. The fourth-order valence-electron chi connectivity index (χ4n) is 1.67. The first-order valence-corrected chi connectivity index (χ1v) is 7.41. The first kappa shape index (κ1) is 15.3. The van der Waals surface area contributed by atoms with Crippen LogP contribution >= 0.6 is 23.4 Å². The van der Waals surface area contributed by atoms with Gasteiger partial charge in [0.2, 0.25) is 0 Å². The van der Waals surface area contributed by atoms with Crippen LogP contribution in [0.3, 0.4) is 0 Å². The van der Waals surface area contributed by atoms with Crippen molar-refractivity contribution >= 4 is 23.4 Å². The smallest absolute Gasteiger partial charge is 0.159 e. The normalized spacial score (nSPS) is 10.8. The third-order valence-corrected chi connectivity index (χ3v) is 4.05. The summed E-state index contributed by atoms with van der Waals surface area (Å²) in [6.45, 7) is 3.62. The molecule has 0 spiro atoms. The monoisotopic (exact) mass is 313 g/mol. The van der Waals surface area contributed by atoms with Gasteiger partial charge in [-0.15, -0.1) is 0 Å². The van der Waals surface area contributed by atoms with Gasteiger partial charge >= 0.3 is 0 Å². The molecule has 0 aliphatic carbocycles. The van der Waals surface area contributed by atoms with E-state index in [2.05, 4.69) is 5.32 Å². The molecule has 0 bridgehead atoms. The van der Waals surface area contributed by atoms with Crippen molar-refractivity contribution in [1.82, 2.24) is 5.32 Å². The van der Waals surface area contributed by atoms with Gasteiger partial charge in [-0.2, -0.15) is 0 Å². The maximum atomic E-state index is 13.1. The van der Waals surface area contributed by atoms with Gasteiger partial charge in [-0.05, 0) is 42.4 Å². The number of rotatable bonds is 5. The second-order valence-electron chi connectivity index (χ2n) is 4.21. The van der Waals surface area contributed by atoms with E-state index in [1.165, 1.54) is 17.8 Å². The Balaban J connectivity index is 2.13. The van der Waals surface area contributed by atoms with E-state index in [1.54, 1.807) is 6.07 Å². The minimum absolute atomic E-state index is 0.638. The Bertz CT molecular complexity index is 604. The molecule has 1 nitrogen and oxygen atoms in total. The summed E-state index contributed by atoms with van der Waals surface area (Å²) in [7, 11) is 0. The van der Waals surface area contributed by atoms with E-state index in [0.717, 1.165) is 23.1 Å². The van der Waals surface area contributed by atoms with E-state index in [0.29, 0.717) is 16.5 Å². The van der Waals surface area contributed by atoms with Gasteiger partial charge in [-0.1, -0.05) is 36.4 Å². The molecule has 1 N–H and O–H groups in total. The van der Waals surface area contributed by atoms with E-state index in [9.17, 15) is 8.78 Å². The van der Waals surface area contributed by atoms with Crippen LogP contribution in [0.1, 0.15) is 12.5 Å². The second-order valence-corrected chi connectivity index (χ2v) is 5.77. The predicted octanol–water partition coefficient (Wildman–Crippen LogP) is 4.88. The lowest BCUT2D eigenvalue weighted by Crippen LogP contribution is -2.11. The minimum atomic E-state index is -0.843. The number of hydrogen-bond donors (Lipinski definition) is 1. The van der Waals surface area contributed by atoms with Crippen LogP contribution in [-0.4, -0.2) is 6.54 Å². The zero-order chi connectivity index (χ0) is 14.5. The topological polar surface area (TPSA) is 12.0 Å². The van der Waals surface area contributed by atoms with Crippen LogP contribution in [0, 0.1) is 11.6 Å². The van der Waals surface area contributed by atoms with Crippen molar-refractivity contribution in [3.05, 3.63) is 58.6 Å². The maximum absolute atomic E-state index is 13.1. The summed E-state index contributed by atoms with van der Waals surface area (Å²) in [4.78, 5) is 1.53. The molecule has 0 unspecified atom stereocenters. The third-order valence-electron chi connectivity index (χ3n) is 2.72. The molecule has 0 radical (unpaired) electrons. The summed E-state index contributed by atoms with van der Waals surface area (Å²) in [5.41, 5.74) is 1.02. The number of halogens is 3. The molecule has 0 saturated carbocycles. The molecule has 2 aromatic rings. The van der Waals surface area contributed by atoms with Crippen LogP contribution in [0.5, 0.6) is 0 Å². The van der Waals surface area contributed by atoms with Crippen LogP contribution in [0.2, 0.25) is 5.02 Å². The van der Waals surface area contributed by atoms with Crippen molar-refractivity contribution in [1.29, 1.82) is 0 Å². The van der Waals surface area contributed by atoms with Gasteiger partial charge in [-0.3, -0.25) is 0 Å². The Morgan fingerprint density at radius 1 is 1.05 bits per heavy atom. The van der Waals surface area contributed by atoms with Crippen LogP contribution < -0.4 is 5.32 Å². The average molecular weight is 314 g/mol. The first-order chi connectivity index (χ1) is 9.60. The van der Waals surface area contributed by atoms with Gasteiger partial charge in [0.05, 0.1) is 0 Å². The van der Waals surface area contributed by atoms with Crippen LogP contribution in [0.15, 0.2) is 46.2 Å². The molecule has 0 fully saturated rings. The number of benzene rings is 2. The standard InChI is InChI=1S/C15H14ClF2NS/c1-2-19-9-10-3-4-11(7-13(10)16)20-12-5-6-14(17)15(18)8-12/h3-8,19H,2,9H2,1H3. The number of nitrogens with one attached hydrogen (secondary N) is 1. The summed E-state index contributed by atoms with van der Waals surface area (Å²) in [6.07, 6.45) is 0. The Morgan fingerprint density at radius 3 is 2.40 bits per heavy atom. The summed E-state index contributed by atoms with van der Waals surface area (Å²) in [6, 6.07) is 9.54. The molecule has 0 aliphatic rings. The van der Waals surface area contributed by atoms with Gasteiger partial charge in [0, 0.05) is 21.4 Å². The summed E-state index contributed by atoms with van der Waals surface area (Å²) in [5.74, 6) is -1.68. The molecule has 0 saturated heterocycles. The Labute approximate surface area is 126 Å². The molecule has 2 aromatic carbocycles. The van der Waals surface area contributed by atoms with E-state index in [1.807, 2.05) is 25.1 Å². The fourth-order valence-corrected chi connectivity index (χ4v) is 2.87. The lowest BCUT2D eigenvalue weighted by atomic mass is 10.2. The van der Waals surface area contributed by atoms with Crippen molar-refractivity contribution in [3.63, 3.8) is 0 Å². The van der Waals surface area contributed by atoms with E-state index in [4.69, 9.17) is 11.6 Å². The molecule has 5 heteroatoms. The highest BCUT2D eigenvalue weighted by molar-refractivity contribution is 7.99. The van der Waals surface area contributed by atoms with Crippen LogP contribution in [-0.2, 0) is 6.54 Å². The molecule has 106 valence electrons. The molecule has 2 rings (SSSR count). The third kappa shape index (κ3) is 3.95. The quantitative estimate of drug-likeness (QED) is 0.844.